The summed E-state index contributed by atoms with van der Waals surface area (Å²) < 4.78 is 47.5. The molecule has 1 unspecified atom stereocenters. The number of alkyl halides is 3. The van der Waals surface area contributed by atoms with Gasteiger partial charge in [0.1, 0.15) is 5.75 Å². The number of hydrogen-bond donors (Lipinski definition) is 0. The predicted molar refractivity (Wildman–Crippen MR) is 95.8 cm³/mol. The maximum absolute atomic E-state index is 12.4. The quantitative estimate of drug-likeness (QED) is 0.752. The predicted octanol–water partition coefficient (Wildman–Crippen LogP) is 2.92. The van der Waals surface area contributed by atoms with E-state index < -0.39 is 12.8 Å². The van der Waals surface area contributed by atoms with Crippen molar-refractivity contribution in [2.45, 2.75) is 39.6 Å². The molecule has 1 aromatic carbocycles. The summed E-state index contributed by atoms with van der Waals surface area (Å²) in [6.45, 7) is 6.62. The summed E-state index contributed by atoms with van der Waals surface area (Å²) >= 11 is 0. The number of hydrogen-bond acceptors (Lipinski definition) is 4. The zero-order valence-corrected chi connectivity index (χ0v) is 16.2. The van der Waals surface area contributed by atoms with Gasteiger partial charge in [0, 0.05) is 19.6 Å². The van der Waals surface area contributed by atoms with E-state index in [9.17, 15) is 18.0 Å². The molecule has 152 valence electrons. The fourth-order valence-corrected chi connectivity index (χ4v) is 3.26. The van der Waals surface area contributed by atoms with E-state index in [1.54, 1.807) is 30.9 Å². The number of carbonyl (C=O) groups is 1. The van der Waals surface area contributed by atoms with E-state index in [1.165, 1.54) is 0 Å². The summed E-state index contributed by atoms with van der Waals surface area (Å²) in [5.41, 5.74) is 2.22. The van der Waals surface area contributed by atoms with Gasteiger partial charge in [0.05, 0.1) is 19.3 Å². The van der Waals surface area contributed by atoms with Gasteiger partial charge < -0.3 is 14.4 Å². The van der Waals surface area contributed by atoms with E-state index in [0.29, 0.717) is 37.4 Å². The third kappa shape index (κ3) is 6.70. The Labute approximate surface area is 158 Å². The second-order valence-electron chi connectivity index (χ2n) is 7.16. The van der Waals surface area contributed by atoms with E-state index in [2.05, 4.69) is 0 Å². The van der Waals surface area contributed by atoms with Crippen molar-refractivity contribution in [3.63, 3.8) is 0 Å². The van der Waals surface area contributed by atoms with Crippen molar-refractivity contribution in [1.29, 1.82) is 0 Å². The zero-order chi connectivity index (χ0) is 20.2. The molecule has 0 bridgehead atoms. The van der Waals surface area contributed by atoms with Crippen LogP contribution in [0.2, 0.25) is 0 Å². The van der Waals surface area contributed by atoms with Crippen molar-refractivity contribution in [1.82, 2.24) is 9.80 Å². The molecule has 2 rings (SSSR count). The highest BCUT2D eigenvalue weighted by Gasteiger charge is 2.29. The van der Waals surface area contributed by atoms with E-state index in [4.69, 9.17) is 9.47 Å². The van der Waals surface area contributed by atoms with E-state index in [0.717, 1.165) is 5.56 Å². The number of benzene rings is 1. The van der Waals surface area contributed by atoms with Gasteiger partial charge in [-0.05, 0) is 44.5 Å². The lowest BCUT2D eigenvalue weighted by molar-refractivity contribution is -0.153. The maximum Gasteiger partial charge on any atom is 0.422 e. The van der Waals surface area contributed by atoms with Gasteiger partial charge in [-0.1, -0.05) is 12.1 Å². The number of ether oxygens (including phenoxy) is 2. The standard InChI is InChI=1S/C19H27F3N2O3/c1-13-7-16(8-14(2)18(13)27-12-19(20,21)22)10-23(4)11-17(25)24-5-6-26-15(3)9-24/h7-8,15H,5-6,9-12H2,1-4H3. The molecule has 0 radical (unpaired) electrons. The summed E-state index contributed by atoms with van der Waals surface area (Å²) in [5, 5.41) is 0. The molecule has 1 saturated heterocycles. The van der Waals surface area contributed by atoms with Gasteiger partial charge in [0.2, 0.25) is 5.91 Å². The minimum atomic E-state index is -4.37. The van der Waals surface area contributed by atoms with E-state index in [1.807, 2.05) is 18.9 Å². The molecule has 1 atom stereocenters. The number of likely N-dealkylation sites (N-methyl/N-ethyl adjacent to an activating group) is 1. The number of aryl methyl sites for hydroxylation is 2. The van der Waals surface area contributed by atoms with Gasteiger partial charge in [-0.25, -0.2) is 0 Å². The van der Waals surface area contributed by atoms with Crippen molar-refractivity contribution in [3.8, 4) is 5.75 Å². The largest absolute Gasteiger partial charge is 0.484 e. The first-order valence-corrected chi connectivity index (χ1v) is 8.92. The average Bonchev–Trinajstić information content (AvgIpc) is 2.52. The van der Waals surface area contributed by atoms with Gasteiger partial charge in [-0.3, -0.25) is 9.69 Å². The van der Waals surface area contributed by atoms with Crippen LogP contribution in [0.5, 0.6) is 5.75 Å². The van der Waals surface area contributed by atoms with Crippen LogP contribution >= 0.6 is 0 Å². The first kappa shape index (κ1) is 21.5. The lowest BCUT2D eigenvalue weighted by Crippen LogP contribution is -2.47. The Morgan fingerprint density at radius 2 is 1.96 bits per heavy atom. The van der Waals surface area contributed by atoms with Crippen LogP contribution in [-0.2, 0) is 16.1 Å². The number of halogens is 3. The Morgan fingerprint density at radius 1 is 1.33 bits per heavy atom. The van der Waals surface area contributed by atoms with E-state index in [-0.39, 0.29) is 24.3 Å². The lowest BCUT2D eigenvalue weighted by atomic mass is 10.1. The number of nitrogens with zero attached hydrogens (tertiary/aromatic N) is 2. The first-order chi connectivity index (χ1) is 12.5. The number of carbonyl (C=O) groups excluding carboxylic acids is 1. The van der Waals surface area contributed by atoms with Crippen LogP contribution < -0.4 is 4.74 Å². The number of rotatable bonds is 6. The molecule has 1 amide bonds. The third-order valence-corrected chi connectivity index (χ3v) is 4.35. The minimum absolute atomic E-state index is 0.0440. The van der Waals surface area contributed by atoms with Crippen LogP contribution in [0.15, 0.2) is 12.1 Å². The molecule has 0 aromatic heterocycles. The Bertz CT molecular complexity index is 641. The maximum atomic E-state index is 12.4. The van der Waals surface area contributed by atoms with Crippen LogP contribution in [0.4, 0.5) is 13.2 Å². The van der Waals surface area contributed by atoms with E-state index >= 15 is 0 Å². The fraction of sp³-hybridized carbons (Fsp3) is 0.632. The highest BCUT2D eigenvalue weighted by atomic mass is 19.4. The smallest absolute Gasteiger partial charge is 0.422 e. The van der Waals surface area contributed by atoms with Crippen molar-refractivity contribution < 1.29 is 27.4 Å². The summed E-state index contributed by atoms with van der Waals surface area (Å²) in [6, 6.07) is 3.60. The van der Waals surface area contributed by atoms with Crippen molar-refractivity contribution in [3.05, 3.63) is 28.8 Å². The van der Waals surface area contributed by atoms with Crippen LogP contribution in [0, 0.1) is 13.8 Å². The lowest BCUT2D eigenvalue weighted by Gasteiger charge is -2.32. The second kappa shape index (κ2) is 8.93. The molecule has 0 spiro atoms. The zero-order valence-electron chi connectivity index (χ0n) is 16.2. The molecular weight excluding hydrogens is 361 g/mol. The molecule has 1 heterocycles. The van der Waals surface area contributed by atoms with Gasteiger partial charge in [0.25, 0.3) is 0 Å². The molecule has 1 aliphatic rings. The van der Waals surface area contributed by atoms with Crippen LogP contribution in [0.25, 0.3) is 0 Å². The van der Waals surface area contributed by atoms with Crippen molar-refractivity contribution in [2.75, 3.05) is 39.9 Å². The molecule has 1 aromatic rings. The monoisotopic (exact) mass is 388 g/mol. The molecule has 5 nitrogen and oxygen atoms in total. The summed E-state index contributed by atoms with van der Waals surface area (Å²) in [6.07, 6.45) is -4.32. The molecule has 0 N–H and O–H groups in total. The molecule has 1 fully saturated rings. The van der Waals surface area contributed by atoms with Gasteiger partial charge in [0.15, 0.2) is 6.61 Å². The molecular formula is C19H27F3N2O3. The van der Waals surface area contributed by atoms with Gasteiger partial charge in [-0.15, -0.1) is 0 Å². The minimum Gasteiger partial charge on any atom is -0.484 e. The highest BCUT2D eigenvalue weighted by Crippen LogP contribution is 2.27. The SMILES string of the molecule is Cc1cc(CN(C)CC(=O)N2CCOC(C)C2)cc(C)c1OCC(F)(F)F. The number of amides is 1. The molecule has 8 heteroatoms. The van der Waals surface area contributed by atoms with Crippen LogP contribution in [0.1, 0.15) is 23.6 Å². The number of morpholine rings is 1. The van der Waals surface area contributed by atoms with Gasteiger partial charge in [-0.2, -0.15) is 13.2 Å². The Balaban J connectivity index is 1.95. The normalized spacial score (nSPS) is 18.1. The molecule has 1 aliphatic heterocycles. The highest BCUT2D eigenvalue weighted by molar-refractivity contribution is 5.78. The van der Waals surface area contributed by atoms with Gasteiger partial charge >= 0.3 is 6.18 Å². The Morgan fingerprint density at radius 3 is 2.52 bits per heavy atom. The van der Waals surface area contributed by atoms with Crippen molar-refractivity contribution >= 4 is 5.91 Å². The first-order valence-electron chi connectivity index (χ1n) is 8.92. The second-order valence-corrected chi connectivity index (χ2v) is 7.16. The van der Waals surface area contributed by atoms with Crippen molar-refractivity contribution in [2.24, 2.45) is 0 Å². The molecule has 27 heavy (non-hydrogen) atoms. The molecule has 0 saturated carbocycles. The van der Waals surface area contributed by atoms with Crippen LogP contribution in [-0.4, -0.2) is 67.9 Å². The summed E-state index contributed by atoms with van der Waals surface area (Å²) in [7, 11) is 1.85. The average molecular weight is 388 g/mol. The fourth-order valence-electron chi connectivity index (χ4n) is 3.26. The topological polar surface area (TPSA) is 42.0 Å². The Kier molecular flexibility index (Phi) is 7.11. The van der Waals surface area contributed by atoms with Crippen LogP contribution in [0.3, 0.4) is 0 Å². The summed E-state index contributed by atoms with van der Waals surface area (Å²) in [4.78, 5) is 16.1. The Hall–Kier alpha value is -1.80. The summed E-state index contributed by atoms with van der Waals surface area (Å²) in [5.74, 6) is 0.309. The molecule has 0 aliphatic carbocycles. The third-order valence-electron chi connectivity index (χ3n) is 4.35.